The molecule has 0 aromatic heterocycles. The summed E-state index contributed by atoms with van der Waals surface area (Å²) in [5.41, 5.74) is 2.57. The smallest absolute Gasteiger partial charge is 0.339 e. The van der Waals surface area contributed by atoms with Gasteiger partial charge in [0.2, 0.25) is 0 Å². The van der Waals surface area contributed by atoms with Gasteiger partial charge in [0.1, 0.15) is 11.3 Å². The van der Waals surface area contributed by atoms with Crippen molar-refractivity contribution in [3.63, 3.8) is 0 Å². The van der Waals surface area contributed by atoms with Gasteiger partial charge in [-0.25, -0.2) is 4.79 Å². The molecule has 0 bridgehead atoms. The van der Waals surface area contributed by atoms with E-state index in [1.54, 1.807) is 24.3 Å². The second-order valence-corrected chi connectivity index (χ2v) is 7.71. The summed E-state index contributed by atoms with van der Waals surface area (Å²) >= 11 is 12.0. The van der Waals surface area contributed by atoms with Crippen molar-refractivity contribution < 1.29 is 15.0 Å². The minimum Gasteiger partial charge on any atom is -0.507 e. The molecule has 0 spiro atoms. The van der Waals surface area contributed by atoms with Crippen LogP contribution in [0, 0.1) is 0 Å². The Morgan fingerprint density at radius 1 is 0.893 bits per heavy atom. The van der Waals surface area contributed by atoms with Gasteiger partial charge in [0.25, 0.3) is 0 Å². The summed E-state index contributed by atoms with van der Waals surface area (Å²) in [7, 11) is 0. The molecule has 0 aliphatic rings. The third-order valence-electron chi connectivity index (χ3n) is 4.97. The highest BCUT2D eigenvalue weighted by Gasteiger charge is 2.24. The average molecular weight is 415 g/mol. The van der Waals surface area contributed by atoms with E-state index >= 15 is 0 Å². The minimum absolute atomic E-state index is 0.101. The predicted molar refractivity (Wildman–Crippen MR) is 113 cm³/mol. The zero-order chi connectivity index (χ0) is 20.3. The molecule has 3 aromatic carbocycles. The molecule has 3 aromatic rings. The summed E-state index contributed by atoms with van der Waals surface area (Å²) in [5.74, 6) is -1.38. The fourth-order valence-corrected chi connectivity index (χ4v) is 3.69. The van der Waals surface area contributed by atoms with Crippen LogP contribution in [-0.4, -0.2) is 16.2 Å². The number of phenols is 1. The van der Waals surface area contributed by atoms with E-state index in [2.05, 4.69) is 6.92 Å². The van der Waals surface area contributed by atoms with Crippen molar-refractivity contribution in [1.82, 2.24) is 0 Å². The van der Waals surface area contributed by atoms with Crippen molar-refractivity contribution in [2.24, 2.45) is 0 Å². The first-order valence-corrected chi connectivity index (χ1v) is 9.68. The van der Waals surface area contributed by atoms with E-state index in [4.69, 9.17) is 23.2 Å². The van der Waals surface area contributed by atoms with Crippen LogP contribution in [0.1, 0.15) is 52.2 Å². The Kier molecular flexibility index (Phi) is 6.28. The lowest BCUT2D eigenvalue weighted by atomic mass is 9.81. The van der Waals surface area contributed by atoms with Crippen molar-refractivity contribution in [1.29, 1.82) is 0 Å². The van der Waals surface area contributed by atoms with Crippen LogP contribution in [0.5, 0.6) is 5.75 Å². The Balaban J connectivity index is 2.03. The van der Waals surface area contributed by atoms with Crippen LogP contribution < -0.4 is 0 Å². The van der Waals surface area contributed by atoms with Crippen molar-refractivity contribution in [3.8, 4) is 5.75 Å². The van der Waals surface area contributed by atoms with Crippen LogP contribution in [0.15, 0.2) is 66.7 Å². The van der Waals surface area contributed by atoms with Crippen LogP contribution in [0.2, 0.25) is 10.0 Å². The van der Waals surface area contributed by atoms with Crippen LogP contribution in [0.3, 0.4) is 0 Å². The highest BCUT2D eigenvalue weighted by Crippen LogP contribution is 2.40. The van der Waals surface area contributed by atoms with Crippen molar-refractivity contribution >= 4 is 29.2 Å². The standard InChI is InChI=1S/C23H20Cl2O3/c1-14(15-5-9-17(24)10-6-15)13-21(16-7-11-18(25)12-8-16)19-3-2-4-20(22(19)26)23(27)28/h2-12,14,21,26H,13H2,1H3,(H,27,28). The molecule has 144 valence electrons. The second-order valence-electron chi connectivity index (χ2n) is 6.84. The molecule has 0 fully saturated rings. The highest BCUT2D eigenvalue weighted by atomic mass is 35.5. The molecule has 0 heterocycles. The summed E-state index contributed by atoms with van der Waals surface area (Å²) in [6.07, 6.45) is 0.680. The summed E-state index contributed by atoms with van der Waals surface area (Å²) in [6, 6.07) is 19.9. The van der Waals surface area contributed by atoms with Crippen LogP contribution in [0.25, 0.3) is 0 Å². The molecular formula is C23H20Cl2O3. The quantitative estimate of drug-likeness (QED) is 0.470. The Morgan fingerprint density at radius 2 is 1.43 bits per heavy atom. The normalized spacial score (nSPS) is 13.1. The molecule has 3 rings (SSSR count). The highest BCUT2D eigenvalue weighted by molar-refractivity contribution is 6.30. The number of hydrogen-bond acceptors (Lipinski definition) is 2. The number of halogens is 2. The third-order valence-corrected chi connectivity index (χ3v) is 5.48. The van der Waals surface area contributed by atoms with Gasteiger partial charge < -0.3 is 10.2 Å². The lowest BCUT2D eigenvalue weighted by molar-refractivity contribution is 0.0693. The number of carboxylic acids is 1. The molecule has 2 unspecified atom stereocenters. The van der Waals surface area contributed by atoms with E-state index in [1.807, 2.05) is 36.4 Å². The number of aromatic carboxylic acids is 1. The molecule has 0 radical (unpaired) electrons. The van der Waals surface area contributed by atoms with Gasteiger partial charge in [0.15, 0.2) is 0 Å². The van der Waals surface area contributed by atoms with Crippen LogP contribution in [0.4, 0.5) is 0 Å². The Bertz CT molecular complexity index is 966. The average Bonchev–Trinajstić information content (AvgIpc) is 2.67. The second kappa shape index (κ2) is 8.68. The monoisotopic (exact) mass is 414 g/mol. The van der Waals surface area contributed by atoms with Gasteiger partial charge in [-0.1, -0.05) is 66.5 Å². The summed E-state index contributed by atoms with van der Waals surface area (Å²) in [4.78, 5) is 11.5. The molecule has 0 amide bonds. The Labute approximate surface area is 174 Å². The molecule has 3 nitrogen and oxygen atoms in total. The zero-order valence-corrected chi connectivity index (χ0v) is 16.8. The lowest BCUT2D eigenvalue weighted by Crippen LogP contribution is -2.08. The van der Waals surface area contributed by atoms with Gasteiger partial charge in [-0.05, 0) is 53.8 Å². The molecular weight excluding hydrogens is 395 g/mol. The van der Waals surface area contributed by atoms with E-state index in [1.165, 1.54) is 6.07 Å². The number of carboxylic acid groups (broad SMARTS) is 1. The van der Waals surface area contributed by atoms with Crippen LogP contribution >= 0.6 is 23.2 Å². The number of hydrogen-bond donors (Lipinski definition) is 2. The maximum atomic E-state index is 11.5. The van der Waals surface area contributed by atoms with Gasteiger partial charge in [0.05, 0.1) is 0 Å². The van der Waals surface area contributed by atoms with Gasteiger partial charge in [-0.3, -0.25) is 0 Å². The molecule has 28 heavy (non-hydrogen) atoms. The SMILES string of the molecule is CC(CC(c1ccc(Cl)cc1)c1cccc(C(=O)O)c1O)c1ccc(Cl)cc1. The number of aromatic hydroxyl groups is 1. The summed E-state index contributed by atoms with van der Waals surface area (Å²) in [5, 5.41) is 21.3. The lowest BCUT2D eigenvalue weighted by Gasteiger charge is -2.24. The van der Waals surface area contributed by atoms with Crippen LogP contribution in [-0.2, 0) is 0 Å². The number of carbonyl (C=O) groups is 1. The molecule has 2 atom stereocenters. The molecule has 0 saturated heterocycles. The largest absolute Gasteiger partial charge is 0.507 e. The maximum absolute atomic E-state index is 11.5. The van der Waals surface area contributed by atoms with E-state index in [0.29, 0.717) is 22.0 Å². The van der Waals surface area contributed by atoms with Gasteiger partial charge in [-0.15, -0.1) is 0 Å². The zero-order valence-electron chi connectivity index (χ0n) is 15.3. The van der Waals surface area contributed by atoms with E-state index < -0.39 is 5.97 Å². The fraction of sp³-hybridized carbons (Fsp3) is 0.174. The number of benzene rings is 3. The topological polar surface area (TPSA) is 57.5 Å². The Morgan fingerprint density at radius 3 is 1.96 bits per heavy atom. The van der Waals surface area contributed by atoms with E-state index in [9.17, 15) is 15.0 Å². The summed E-state index contributed by atoms with van der Waals surface area (Å²) < 4.78 is 0. The number of para-hydroxylation sites is 1. The van der Waals surface area contributed by atoms with Crippen molar-refractivity contribution in [2.75, 3.05) is 0 Å². The molecule has 0 aliphatic heterocycles. The first-order valence-electron chi connectivity index (χ1n) is 8.93. The first-order chi connectivity index (χ1) is 13.4. The van der Waals surface area contributed by atoms with Crippen molar-refractivity contribution in [3.05, 3.63) is 99.0 Å². The van der Waals surface area contributed by atoms with E-state index in [0.717, 1.165) is 11.1 Å². The minimum atomic E-state index is -1.15. The van der Waals surface area contributed by atoms with Gasteiger partial charge >= 0.3 is 5.97 Å². The van der Waals surface area contributed by atoms with E-state index in [-0.39, 0.29) is 23.1 Å². The predicted octanol–water partition coefficient (Wildman–Crippen LogP) is 6.72. The molecule has 5 heteroatoms. The summed E-state index contributed by atoms with van der Waals surface area (Å²) in [6.45, 7) is 2.10. The number of rotatable bonds is 6. The van der Waals surface area contributed by atoms with Gasteiger partial charge in [0, 0.05) is 21.5 Å². The van der Waals surface area contributed by atoms with Crippen molar-refractivity contribution in [2.45, 2.75) is 25.2 Å². The molecule has 0 aliphatic carbocycles. The Hall–Kier alpha value is -2.49. The first kappa shape index (κ1) is 20.2. The maximum Gasteiger partial charge on any atom is 0.339 e. The van der Waals surface area contributed by atoms with Gasteiger partial charge in [-0.2, -0.15) is 0 Å². The molecule has 0 saturated carbocycles. The third kappa shape index (κ3) is 4.49. The molecule has 2 N–H and O–H groups in total. The fourth-order valence-electron chi connectivity index (χ4n) is 3.43.